The highest BCUT2D eigenvalue weighted by Crippen LogP contribution is 2.30. The third kappa shape index (κ3) is 3.71. The topological polar surface area (TPSA) is 45.4 Å². The highest BCUT2D eigenvalue weighted by atomic mass is 35.5. The predicted octanol–water partition coefficient (Wildman–Crippen LogP) is 2.38. The molecule has 2 aromatic rings. The second kappa shape index (κ2) is 7.18. The molecule has 0 aliphatic rings. The van der Waals surface area contributed by atoms with Gasteiger partial charge in [0.1, 0.15) is 0 Å². The van der Waals surface area contributed by atoms with Crippen molar-refractivity contribution in [3.8, 4) is 0 Å². The number of pyridine rings is 1. The number of hydrogen-bond donors (Lipinski definition) is 1. The fourth-order valence-corrected chi connectivity index (χ4v) is 2.70. The number of aromatic nitrogens is 1. The molecule has 0 saturated carbocycles. The third-order valence-electron chi connectivity index (χ3n) is 3.76. The molecule has 1 aromatic carbocycles. The van der Waals surface area contributed by atoms with Gasteiger partial charge in [-0.25, -0.2) is 0 Å². The highest BCUT2D eigenvalue weighted by molar-refractivity contribution is 6.35. The Labute approximate surface area is 131 Å². The molecule has 0 aliphatic carbocycles. The molecule has 0 radical (unpaired) electrons. The molecule has 1 aromatic heterocycles. The number of rotatable bonds is 6. The Balaban J connectivity index is 2.36. The van der Waals surface area contributed by atoms with Crippen molar-refractivity contribution in [2.45, 2.75) is 6.04 Å². The summed E-state index contributed by atoms with van der Waals surface area (Å²) in [6, 6.07) is 8.02. The standard InChI is InChI=1S/C16H23ClN4/c1-20(2)9-10-21(3)15(11-18)13-6-7-14(17)12-5-4-8-19-16(12)13/h4-8,15H,9-11,18H2,1-3H3. The Hall–Kier alpha value is -1.20. The van der Waals surface area contributed by atoms with Gasteiger partial charge in [-0.05, 0) is 44.9 Å². The van der Waals surface area contributed by atoms with Gasteiger partial charge >= 0.3 is 0 Å². The van der Waals surface area contributed by atoms with Crippen molar-refractivity contribution in [1.29, 1.82) is 0 Å². The van der Waals surface area contributed by atoms with Crippen LogP contribution in [0.5, 0.6) is 0 Å². The van der Waals surface area contributed by atoms with Crippen molar-refractivity contribution in [2.75, 3.05) is 40.8 Å². The van der Waals surface area contributed by atoms with E-state index in [2.05, 4.69) is 35.9 Å². The zero-order valence-electron chi connectivity index (χ0n) is 12.9. The van der Waals surface area contributed by atoms with E-state index in [9.17, 15) is 0 Å². The Morgan fingerprint density at radius 1 is 1.19 bits per heavy atom. The minimum atomic E-state index is 0.139. The van der Waals surface area contributed by atoms with Gasteiger partial charge in [0.2, 0.25) is 0 Å². The van der Waals surface area contributed by atoms with E-state index in [0.717, 1.165) is 34.6 Å². The molecule has 0 saturated heterocycles. The van der Waals surface area contributed by atoms with E-state index in [1.54, 1.807) is 6.20 Å². The first-order valence-electron chi connectivity index (χ1n) is 7.12. The smallest absolute Gasteiger partial charge is 0.0765 e. The van der Waals surface area contributed by atoms with Gasteiger partial charge < -0.3 is 10.6 Å². The van der Waals surface area contributed by atoms with Crippen LogP contribution in [0, 0.1) is 0 Å². The lowest BCUT2D eigenvalue weighted by Gasteiger charge is -2.29. The van der Waals surface area contributed by atoms with Crippen LogP contribution in [0.1, 0.15) is 11.6 Å². The Morgan fingerprint density at radius 3 is 2.62 bits per heavy atom. The molecule has 0 fully saturated rings. The van der Waals surface area contributed by atoms with Crippen molar-refractivity contribution >= 4 is 22.5 Å². The van der Waals surface area contributed by atoms with Gasteiger partial charge in [-0.1, -0.05) is 17.7 Å². The van der Waals surface area contributed by atoms with E-state index in [-0.39, 0.29) is 6.04 Å². The van der Waals surface area contributed by atoms with Crippen molar-refractivity contribution in [3.63, 3.8) is 0 Å². The fourth-order valence-electron chi connectivity index (χ4n) is 2.49. The van der Waals surface area contributed by atoms with Gasteiger partial charge in [0.25, 0.3) is 0 Å². The van der Waals surface area contributed by atoms with Crippen molar-refractivity contribution in [1.82, 2.24) is 14.8 Å². The molecule has 1 unspecified atom stereocenters. The molecule has 5 heteroatoms. The van der Waals surface area contributed by atoms with Gasteiger partial charge in [0, 0.05) is 42.3 Å². The molecule has 21 heavy (non-hydrogen) atoms. The first kappa shape index (κ1) is 16.2. The van der Waals surface area contributed by atoms with E-state index in [1.807, 2.05) is 24.3 Å². The summed E-state index contributed by atoms with van der Waals surface area (Å²) in [7, 11) is 6.25. The molecule has 1 heterocycles. The maximum atomic E-state index is 6.27. The fraction of sp³-hybridized carbons (Fsp3) is 0.438. The van der Waals surface area contributed by atoms with E-state index in [0.29, 0.717) is 6.54 Å². The van der Waals surface area contributed by atoms with Gasteiger partial charge in [-0.15, -0.1) is 0 Å². The average molecular weight is 307 g/mol. The van der Waals surface area contributed by atoms with Crippen LogP contribution >= 0.6 is 11.6 Å². The zero-order chi connectivity index (χ0) is 15.4. The van der Waals surface area contributed by atoms with Crippen molar-refractivity contribution in [2.24, 2.45) is 5.73 Å². The van der Waals surface area contributed by atoms with E-state index in [1.165, 1.54) is 0 Å². The third-order valence-corrected chi connectivity index (χ3v) is 4.09. The second-order valence-electron chi connectivity index (χ2n) is 5.57. The lowest BCUT2D eigenvalue weighted by molar-refractivity contribution is 0.223. The lowest BCUT2D eigenvalue weighted by atomic mass is 10.0. The summed E-state index contributed by atoms with van der Waals surface area (Å²) in [5, 5.41) is 1.71. The molecular weight excluding hydrogens is 284 g/mol. The number of nitrogens with two attached hydrogens (primary N) is 1. The molecule has 2 rings (SSSR count). The van der Waals surface area contributed by atoms with Crippen LogP contribution in [0.3, 0.4) is 0 Å². The highest BCUT2D eigenvalue weighted by Gasteiger charge is 2.19. The molecule has 1 atom stereocenters. The first-order valence-corrected chi connectivity index (χ1v) is 7.50. The van der Waals surface area contributed by atoms with E-state index < -0.39 is 0 Å². The predicted molar refractivity (Wildman–Crippen MR) is 89.7 cm³/mol. The van der Waals surface area contributed by atoms with Gasteiger partial charge in [-0.2, -0.15) is 0 Å². The maximum absolute atomic E-state index is 6.27. The number of fused-ring (bicyclic) bond motifs is 1. The quantitative estimate of drug-likeness (QED) is 0.890. The van der Waals surface area contributed by atoms with Crippen LogP contribution < -0.4 is 5.73 Å². The van der Waals surface area contributed by atoms with Crippen LogP contribution in [-0.4, -0.2) is 55.6 Å². The maximum Gasteiger partial charge on any atom is 0.0765 e. The zero-order valence-corrected chi connectivity index (χ0v) is 13.6. The SMILES string of the molecule is CN(C)CCN(C)C(CN)c1ccc(Cl)c2cccnc12. The summed E-state index contributed by atoms with van der Waals surface area (Å²) >= 11 is 6.27. The van der Waals surface area contributed by atoms with E-state index in [4.69, 9.17) is 17.3 Å². The second-order valence-corrected chi connectivity index (χ2v) is 5.98. The average Bonchev–Trinajstić information content (AvgIpc) is 2.48. The number of likely N-dealkylation sites (N-methyl/N-ethyl adjacent to an activating group) is 2. The van der Waals surface area contributed by atoms with E-state index >= 15 is 0 Å². The van der Waals surface area contributed by atoms with Crippen molar-refractivity contribution < 1.29 is 0 Å². The minimum absolute atomic E-state index is 0.139. The summed E-state index contributed by atoms with van der Waals surface area (Å²) in [6.45, 7) is 2.50. The Morgan fingerprint density at radius 2 is 1.95 bits per heavy atom. The first-order chi connectivity index (χ1) is 10.0. The monoisotopic (exact) mass is 306 g/mol. The summed E-state index contributed by atoms with van der Waals surface area (Å²) < 4.78 is 0. The summed E-state index contributed by atoms with van der Waals surface area (Å²) in [6.07, 6.45) is 1.80. The van der Waals surface area contributed by atoms with Crippen LogP contribution in [0.25, 0.3) is 10.9 Å². The molecular formula is C16H23ClN4. The molecule has 0 aliphatic heterocycles. The van der Waals surface area contributed by atoms with Gasteiger partial charge in [-0.3, -0.25) is 9.88 Å². The number of halogens is 1. The van der Waals surface area contributed by atoms with Crippen LogP contribution in [0.4, 0.5) is 0 Å². The number of benzene rings is 1. The normalized spacial score (nSPS) is 13.3. The van der Waals surface area contributed by atoms with Gasteiger partial charge in [0.05, 0.1) is 5.52 Å². The summed E-state index contributed by atoms with van der Waals surface area (Å²) in [4.78, 5) is 8.96. The molecule has 2 N–H and O–H groups in total. The van der Waals surface area contributed by atoms with Crippen LogP contribution in [0.2, 0.25) is 5.02 Å². The molecule has 4 nitrogen and oxygen atoms in total. The Bertz CT molecular complexity index is 600. The minimum Gasteiger partial charge on any atom is -0.329 e. The lowest BCUT2D eigenvalue weighted by Crippen LogP contribution is -2.35. The number of hydrogen-bond acceptors (Lipinski definition) is 4. The molecule has 114 valence electrons. The van der Waals surface area contributed by atoms with Gasteiger partial charge in [0.15, 0.2) is 0 Å². The van der Waals surface area contributed by atoms with Crippen molar-refractivity contribution in [3.05, 3.63) is 41.0 Å². The Kier molecular flexibility index (Phi) is 5.53. The van der Waals surface area contributed by atoms with Crippen LogP contribution in [-0.2, 0) is 0 Å². The summed E-state index contributed by atoms with van der Waals surface area (Å²) in [5.41, 5.74) is 8.10. The molecule has 0 bridgehead atoms. The molecule has 0 amide bonds. The largest absolute Gasteiger partial charge is 0.329 e. The summed E-state index contributed by atoms with van der Waals surface area (Å²) in [5.74, 6) is 0. The molecule has 0 spiro atoms. The number of nitrogens with zero attached hydrogens (tertiary/aromatic N) is 3. The van der Waals surface area contributed by atoms with Crippen LogP contribution in [0.15, 0.2) is 30.5 Å².